The summed E-state index contributed by atoms with van der Waals surface area (Å²) in [6.45, 7) is 6.58. The predicted octanol–water partition coefficient (Wildman–Crippen LogP) is 3.51. The Morgan fingerprint density at radius 3 is 2.75 bits per heavy atom. The van der Waals surface area contributed by atoms with E-state index in [0.29, 0.717) is 6.04 Å². The van der Waals surface area contributed by atoms with Gasteiger partial charge in [0, 0.05) is 35.1 Å². The molecule has 1 aliphatic heterocycles. The van der Waals surface area contributed by atoms with Crippen molar-refractivity contribution in [1.82, 2.24) is 4.57 Å². The third-order valence-electron chi connectivity index (χ3n) is 5.26. The molecule has 0 fully saturated rings. The number of quaternary nitrogens is 1. The highest BCUT2D eigenvalue weighted by molar-refractivity contribution is 5.86. The Hall–Kier alpha value is -2.13. The molecular weight excluding hydrogens is 299 g/mol. The Labute approximate surface area is 142 Å². The smallest absolute Gasteiger partial charge is 0.123 e. The Kier molecular flexibility index (Phi) is 3.89. The van der Waals surface area contributed by atoms with Gasteiger partial charge in [-0.25, -0.2) is 4.39 Å². The molecule has 0 bridgehead atoms. The largest absolute Gasteiger partial charge is 0.344 e. The molecule has 124 valence electrons. The van der Waals surface area contributed by atoms with Crippen LogP contribution in [0.5, 0.6) is 0 Å². The summed E-state index contributed by atoms with van der Waals surface area (Å²) in [6.07, 6.45) is 2.05. The number of benzene rings is 2. The minimum absolute atomic E-state index is 0.164. The fraction of sp³-hybridized carbons (Fsp3) is 0.333. The highest BCUT2D eigenvalue weighted by atomic mass is 19.1. The molecule has 1 aromatic heterocycles. The zero-order chi connectivity index (χ0) is 16.7. The maximum Gasteiger partial charge on any atom is 0.123 e. The standard InChI is InChI=1S/C21H23FN2/c1-14-3-8-19-18(13-14)21-15(2)23-11-9-20(21)24(19)12-10-16-4-6-17(22)7-5-16/h3-8,13,15,23H,9-12H2,1-2H3/p+1/t15-/m1/s1. The molecule has 3 heteroatoms. The Morgan fingerprint density at radius 1 is 1.17 bits per heavy atom. The van der Waals surface area contributed by atoms with Crippen molar-refractivity contribution in [3.8, 4) is 0 Å². The quantitative estimate of drug-likeness (QED) is 0.762. The molecule has 0 radical (unpaired) electrons. The van der Waals surface area contributed by atoms with Gasteiger partial charge in [0.05, 0.1) is 6.54 Å². The minimum atomic E-state index is -0.164. The molecule has 2 N–H and O–H groups in total. The highest BCUT2D eigenvalue weighted by Gasteiger charge is 2.26. The summed E-state index contributed by atoms with van der Waals surface area (Å²) in [5, 5.41) is 3.85. The van der Waals surface area contributed by atoms with E-state index in [-0.39, 0.29) is 5.82 Å². The van der Waals surface area contributed by atoms with E-state index in [4.69, 9.17) is 0 Å². The number of rotatable bonds is 3. The summed E-state index contributed by atoms with van der Waals surface area (Å²) in [5.41, 5.74) is 6.86. The summed E-state index contributed by atoms with van der Waals surface area (Å²) < 4.78 is 15.6. The van der Waals surface area contributed by atoms with E-state index in [2.05, 4.69) is 41.9 Å². The van der Waals surface area contributed by atoms with Gasteiger partial charge in [-0.1, -0.05) is 23.8 Å². The predicted molar refractivity (Wildman–Crippen MR) is 95.7 cm³/mol. The molecule has 2 nitrogen and oxygen atoms in total. The van der Waals surface area contributed by atoms with Gasteiger partial charge < -0.3 is 9.88 Å². The number of hydrogen-bond donors (Lipinski definition) is 1. The van der Waals surface area contributed by atoms with Crippen LogP contribution in [0.25, 0.3) is 10.9 Å². The van der Waals surface area contributed by atoms with Crippen LogP contribution in [-0.4, -0.2) is 11.1 Å². The van der Waals surface area contributed by atoms with E-state index < -0.39 is 0 Å². The van der Waals surface area contributed by atoms with Gasteiger partial charge in [0.1, 0.15) is 11.9 Å². The summed E-state index contributed by atoms with van der Waals surface area (Å²) in [6, 6.07) is 14.2. The maximum absolute atomic E-state index is 13.1. The van der Waals surface area contributed by atoms with E-state index in [9.17, 15) is 4.39 Å². The lowest BCUT2D eigenvalue weighted by atomic mass is 9.98. The van der Waals surface area contributed by atoms with Crippen LogP contribution in [0.2, 0.25) is 0 Å². The van der Waals surface area contributed by atoms with Gasteiger partial charge in [-0.3, -0.25) is 0 Å². The SMILES string of the molecule is Cc1ccc2c(c1)c1c(n2CCc2ccc(F)cc2)CC[NH2+][C@@H]1C. The van der Waals surface area contributed by atoms with Crippen molar-refractivity contribution in [1.29, 1.82) is 0 Å². The topological polar surface area (TPSA) is 21.5 Å². The number of aryl methyl sites for hydroxylation is 3. The van der Waals surface area contributed by atoms with E-state index in [1.54, 1.807) is 12.1 Å². The first-order valence-electron chi connectivity index (χ1n) is 8.83. The number of nitrogens with two attached hydrogens (primary N) is 1. The molecule has 0 aliphatic carbocycles. The second-order valence-corrected chi connectivity index (χ2v) is 6.97. The average molecular weight is 323 g/mol. The molecule has 1 aliphatic rings. The highest BCUT2D eigenvalue weighted by Crippen LogP contribution is 2.32. The molecule has 0 spiro atoms. The maximum atomic E-state index is 13.1. The first-order valence-corrected chi connectivity index (χ1v) is 8.83. The number of fused-ring (bicyclic) bond motifs is 3. The zero-order valence-corrected chi connectivity index (χ0v) is 14.3. The van der Waals surface area contributed by atoms with Crippen LogP contribution in [0.15, 0.2) is 42.5 Å². The fourth-order valence-corrected chi connectivity index (χ4v) is 4.06. The second-order valence-electron chi connectivity index (χ2n) is 6.97. The minimum Gasteiger partial charge on any atom is -0.344 e. The second kappa shape index (κ2) is 6.06. The first kappa shape index (κ1) is 15.4. The lowest BCUT2D eigenvalue weighted by Crippen LogP contribution is -2.86. The molecule has 24 heavy (non-hydrogen) atoms. The Balaban J connectivity index is 1.75. The molecule has 1 atom stereocenters. The molecule has 4 rings (SSSR count). The molecule has 2 aromatic carbocycles. The number of aromatic nitrogens is 1. The van der Waals surface area contributed by atoms with Crippen LogP contribution in [0.3, 0.4) is 0 Å². The lowest BCUT2D eigenvalue weighted by Gasteiger charge is -2.20. The van der Waals surface area contributed by atoms with Gasteiger partial charge in [0.15, 0.2) is 0 Å². The van der Waals surface area contributed by atoms with Crippen molar-refractivity contribution < 1.29 is 9.71 Å². The summed E-state index contributed by atoms with van der Waals surface area (Å²) in [7, 11) is 0. The van der Waals surface area contributed by atoms with Crippen LogP contribution in [0.1, 0.15) is 35.3 Å². The van der Waals surface area contributed by atoms with Gasteiger partial charge in [-0.15, -0.1) is 0 Å². The Bertz CT molecular complexity index is 877. The van der Waals surface area contributed by atoms with Gasteiger partial charge in [-0.05, 0) is 50.1 Å². The lowest BCUT2D eigenvalue weighted by molar-refractivity contribution is -0.695. The third kappa shape index (κ3) is 2.63. The van der Waals surface area contributed by atoms with E-state index >= 15 is 0 Å². The monoisotopic (exact) mass is 323 g/mol. The first-order chi connectivity index (χ1) is 11.6. The van der Waals surface area contributed by atoms with Crippen molar-refractivity contribution in [3.05, 3.63) is 70.7 Å². The molecule has 0 saturated heterocycles. The van der Waals surface area contributed by atoms with Crippen molar-refractivity contribution in [3.63, 3.8) is 0 Å². The van der Waals surface area contributed by atoms with Crippen molar-refractivity contribution in [2.75, 3.05) is 6.54 Å². The van der Waals surface area contributed by atoms with Crippen LogP contribution in [0, 0.1) is 12.7 Å². The number of halogens is 1. The molecule has 3 aromatic rings. The van der Waals surface area contributed by atoms with Gasteiger partial charge >= 0.3 is 0 Å². The van der Waals surface area contributed by atoms with Crippen molar-refractivity contribution >= 4 is 10.9 Å². The Morgan fingerprint density at radius 2 is 1.96 bits per heavy atom. The van der Waals surface area contributed by atoms with Crippen molar-refractivity contribution in [2.24, 2.45) is 0 Å². The summed E-state index contributed by atoms with van der Waals surface area (Å²) >= 11 is 0. The zero-order valence-electron chi connectivity index (χ0n) is 14.3. The fourth-order valence-electron chi connectivity index (χ4n) is 4.06. The van der Waals surface area contributed by atoms with Gasteiger partial charge in [-0.2, -0.15) is 0 Å². The van der Waals surface area contributed by atoms with E-state index in [0.717, 1.165) is 25.9 Å². The molecule has 0 saturated carbocycles. The van der Waals surface area contributed by atoms with Gasteiger partial charge in [0.2, 0.25) is 0 Å². The van der Waals surface area contributed by atoms with E-state index in [1.165, 1.54) is 33.3 Å². The van der Waals surface area contributed by atoms with Gasteiger partial charge in [0.25, 0.3) is 0 Å². The van der Waals surface area contributed by atoms with Crippen LogP contribution >= 0.6 is 0 Å². The summed E-state index contributed by atoms with van der Waals surface area (Å²) in [4.78, 5) is 0. The molecular formula is C21H24FN2+. The number of nitrogens with zero attached hydrogens (tertiary/aromatic N) is 1. The van der Waals surface area contributed by atoms with Crippen LogP contribution in [-0.2, 0) is 19.4 Å². The molecule has 2 heterocycles. The summed E-state index contributed by atoms with van der Waals surface area (Å²) in [5.74, 6) is -0.164. The van der Waals surface area contributed by atoms with Crippen molar-refractivity contribution in [2.45, 2.75) is 39.3 Å². The van der Waals surface area contributed by atoms with Crippen LogP contribution in [0.4, 0.5) is 4.39 Å². The van der Waals surface area contributed by atoms with Crippen LogP contribution < -0.4 is 5.32 Å². The number of hydrogen-bond acceptors (Lipinski definition) is 0. The normalized spacial score (nSPS) is 17.2. The third-order valence-corrected chi connectivity index (χ3v) is 5.26. The van der Waals surface area contributed by atoms with E-state index in [1.807, 2.05) is 12.1 Å². The molecule has 0 unspecified atom stereocenters. The molecule has 0 amide bonds. The average Bonchev–Trinajstić information content (AvgIpc) is 2.88.